The summed E-state index contributed by atoms with van der Waals surface area (Å²) >= 11 is 0. The molecule has 5 rings (SSSR count). The van der Waals surface area contributed by atoms with Gasteiger partial charge in [-0.2, -0.15) is 0 Å². The van der Waals surface area contributed by atoms with Crippen molar-refractivity contribution in [2.24, 2.45) is 0 Å². The maximum Gasteiger partial charge on any atom is 0.261 e. The lowest BCUT2D eigenvalue weighted by atomic mass is 10.1. The molecule has 26 heavy (non-hydrogen) atoms. The lowest BCUT2D eigenvalue weighted by Gasteiger charge is -2.31. The van der Waals surface area contributed by atoms with E-state index in [0.29, 0.717) is 17.7 Å². The SMILES string of the molecule is O=C(Nc1cnc(N2CCN3CCC2CC3)nc1)c1c(F)cccc1F. The molecule has 1 amide bonds. The number of piperidine rings is 1. The molecule has 136 valence electrons. The average Bonchev–Trinajstić information content (AvgIpc) is 2.96. The van der Waals surface area contributed by atoms with E-state index in [4.69, 9.17) is 0 Å². The number of halogens is 2. The number of benzene rings is 1. The molecule has 8 heteroatoms. The summed E-state index contributed by atoms with van der Waals surface area (Å²) in [5.74, 6) is -2.06. The predicted octanol–water partition coefficient (Wildman–Crippen LogP) is 2.29. The fraction of sp³-hybridized carbons (Fsp3) is 0.389. The van der Waals surface area contributed by atoms with E-state index >= 15 is 0 Å². The number of amides is 1. The Bertz CT molecular complexity index is 785. The highest BCUT2D eigenvalue weighted by Gasteiger charge is 2.30. The Balaban J connectivity index is 1.49. The number of carbonyl (C=O) groups excluding carboxylic acids is 1. The molecular formula is C18H19F2N5O. The van der Waals surface area contributed by atoms with E-state index in [1.54, 1.807) is 0 Å². The molecule has 2 bridgehead atoms. The molecule has 3 saturated heterocycles. The van der Waals surface area contributed by atoms with Gasteiger partial charge in [-0.15, -0.1) is 0 Å². The first kappa shape index (κ1) is 16.8. The highest BCUT2D eigenvalue weighted by Crippen LogP contribution is 2.24. The van der Waals surface area contributed by atoms with Crippen LogP contribution in [0.4, 0.5) is 20.4 Å². The van der Waals surface area contributed by atoms with Gasteiger partial charge in [-0.05, 0) is 25.0 Å². The quantitative estimate of drug-likeness (QED) is 0.911. The molecule has 0 unspecified atom stereocenters. The Morgan fingerprint density at radius 3 is 2.35 bits per heavy atom. The molecule has 4 heterocycles. The number of nitrogens with zero attached hydrogens (tertiary/aromatic N) is 4. The van der Waals surface area contributed by atoms with Crippen LogP contribution in [-0.4, -0.2) is 53.0 Å². The summed E-state index contributed by atoms with van der Waals surface area (Å²) in [6.07, 6.45) is 5.12. The molecule has 3 fully saturated rings. The summed E-state index contributed by atoms with van der Waals surface area (Å²) in [5, 5.41) is 2.45. The van der Waals surface area contributed by atoms with Crippen LogP contribution in [0.5, 0.6) is 0 Å². The van der Waals surface area contributed by atoms with E-state index in [0.717, 1.165) is 51.2 Å². The van der Waals surface area contributed by atoms with Gasteiger partial charge in [0.1, 0.15) is 17.2 Å². The lowest BCUT2D eigenvalue weighted by Crippen LogP contribution is -2.38. The minimum absolute atomic E-state index is 0.296. The zero-order valence-corrected chi connectivity index (χ0v) is 14.2. The summed E-state index contributed by atoms with van der Waals surface area (Å²) < 4.78 is 27.4. The van der Waals surface area contributed by atoms with Crippen molar-refractivity contribution in [1.82, 2.24) is 14.9 Å². The van der Waals surface area contributed by atoms with Crippen molar-refractivity contribution in [1.29, 1.82) is 0 Å². The van der Waals surface area contributed by atoms with E-state index in [9.17, 15) is 13.6 Å². The maximum atomic E-state index is 13.7. The Morgan fingerprint density at radius 2 is 1.69 bits per heavy atom. The van der Waals surface area contributed by atoms with Crippen molar-refractivity contribution in [3.05, 3.63) is 47.8 Å². The second kappa shape index (κ2) is 6.95. The smallest absolute Gasteiger partial charge is 0.261 e. The topological polar surface area (TPSA) is 61.4 Å². The summed E-state index contributed by atoms with van der Waals surface area (Å²) in [7, 11) is 0. The van der Waals surface area contributed by atoms with Crippen LogP contribution in [0.3, 0.4) is 0 Å². The molecule has 6 nitrogen and oxygen atoms in total. The summed E-state index contributed by atoms with van der Waals surface area (Å²) in [6.45, 7) is 4.06. The first-order chi connectivity index (χ1) is 12.6. The van der Waals surface area contributed by atoms with Gasteiger partial charge in [0.25, 0.3) is 5.91 Å². The molecule has 0 aliphatic carbocycles. The van der Waals surface area contributed by atoms with Crippen LogP contribution < -0.4 is 10.2 Å². The maximum absolute atomic E-state index is 13.7. The number of nitrogens with one attached hydrogen (secondary N) is 1. The van der Waals surface area contributed by atoms with Crippen molar-refractivity contribution < 1.29 is 13.6 Å². The van der Waals surface area contributed by atoms with Gasteiger partial charge in [0.2, 0.25) is 5.95 Å². The third-order valence-corrected chi connectivity index (χ3v) is 5.00. The fourth-order valence-electron chi connectivity index (χ4n) is 3.59. The number of hydrogen-bond donors (Lipinski definition) is 1. The van der Waals surface area contributed by atoms with Crippen molar-refractivity contribution in [3.8, 4) is 0 Å². The van der Waals surface area contributed by atoms with Crippen molar-refractivity contribution in [2.45, 2.75) is 18.9 Å². The Labute approximate surface area is 149 Å². The molecule has 1 N–H and O–H groups in total. The number of hydrogen-bond acceptors (Lipinski definition) is 5. The van der Waals surface area contributed by atoms with Crippen LogP contribution >= 0.6 is 0 Å². The summed E-state index contributed by atoms with van der Waals surface area (Å²) in [6, 6.07) is 3.73. The van der Waals surface area contributed by atoms with Gasteiger partial charge in [0.05, 0.1) is 18.1 Å². The van der Waals surface area contributed by atoms with Crippen LogP contribution in [0.1, 0.15) is 23.2 Å². The second-order valence-corrected chi connectivity index (χ2v) is 6.59. The zero-order valence-electron chi connectivity index (χ0n) is 14.2. The third-order valence-electron chi connectivity index (χ3n) is 5.00. The van der Waals surface area contributed by atoms with E-state index in [1.807, 2.05) is 0 Å². The van der Waals surface area contributed by atoms with Crippen molar-refractivity contribution in [3.63, 3.8) is 0 Å². The van der Waals surface area contributed by atoms with Crippen molar-refractivity contribution in [2.75, 3.05) is 36.4 Å². The number of rotatable bonds is 3. The number of anilines is 2. The molecule has 3 aliphatic rings. The molecule has 2 aromatic rings. The normalized spacial score (nSPS) is 22.2. The first-order valence-electron chi connectivity index (χ1n) is 8.68. The van der Waals surface area contributed by atoms with Gasteiger partial charge in [-0.3, -0.25) is 4.79 Å². The minimum Gasteiger partial charge on any atom is -0.336 e. The van der Waals surface area contributed by atoms with Crippen LogP contribution in [0.15, 0.2) is 30.6 Å². The van der Waals surface area contributed by atoms with Crippen LogP contribution in [-0.2, 0) is 0 Å². The summed E-state index contributed by atoms with van der Waals surface area (Å²) in [5.41, 5.74) is -0.320. The van der Waals surface area contributed by atoms with Crippen LogP contribution in [0.25, 0.3) is 0 Å². The van der Waals surface area contributed by atoms with Gasteiger partial charge < -0.3 is 15.1 Å². The molecule has 0 spiro atoms. The van der Waals surface area contributed by atoms with Gasteiger partial charge in [0.15, 0.2) is 0 Å². The van der Waals surface area contributed by atoms with E-state index in [-0.39, 0.29) is 0 Å². The molecule has 0 saturated carbocycles. The Morgan fingerprint density at radius 1 is 1.04 bits per heavy atom. The largest absolute Gasteiger partial charge is 0.336 e. The molecule has 1 aromatic heterocycles. The highest BCUT2D eigenvalue weighted by molar-refractivity contribution is 6.04. The first-order valence-corrected chi connectivity index (χ1v) is 8.68. The monoisotopic (exact) mass is 359 g/mol. The number of carbonyl (C=O) groups is 1. The molecule has 0 radical (unpaired) electrons. The Hall–Kier alpha value is -2.61. The van der Waals surface area contributed by atoms with Crippen molar-refractivity contribution >= 4 is 17.5 Å². The van der Waals surface area contributed by atoms with E-state index < -0.39 is 23.1 Å². The van der Waals surface area contributed by atoms with Gasteiger partial charge >= 0.3 is 0 Å². The molecule has 1 aromatic carbocycles. The highest BCUT2D eigenvalue weighted by atomic mass is 19.1. The van der Waals surface area contributed by atoms with Gasteiger partial charge in [-0.1, -0.05) is 6.07 Å². The minimum atomic E-state index is -0.907. The zero-order chi connectivity index (χ0) is 18.1. The molecule has 0 atom stereocenters. The van der Waals surface area contributed by atoms with E-state index in [2.05, 4.69) is 25.1 Å². The fourth-order valence-corrected chi connectivity index (χ4v) is 3.59. The van der Waals surface area contributed by atoms with Gasteiger partial charge in [0, 0.05) is 32.2 Å². The van der Waals surface area contributed by atoms with Gasteiger partial charge in [-0.25, -0.2) is 18.7 Å². The number of fused-ring (bicyclic) bond motifs is 4. The van der Waals surface area contributed by atoms with E-state index in [1.165, 1.54) is 18.5 Å². The Kier molecular flexibility index (Phi) is 4.50. The molecular weight excluding hydrogens is 340 g/mol. The summed E-state index contributed by atoms with van der Waals surface area (Å²) in [4.78, 5) is 25.5. The average molecular weight is 359 g/mol. The van der Waals surface area contributed by atoms with Crippen LogP contribution in [0.2, 0.25) is 0 Å². The predicted molar refractivity (Wildman–Crippen MR) is 93.2 cm³/mol. The second-order valence-electron chi connectivity index (χ2n) is 6.59. The third kappa shape index (κ3) is 3.24. The standard InChI is InChI=1S/C18H19F2N5O/c19-14-2-1-3-15(20)16(14)17(26)23-12-10-21-18(22-11-12)25-9-8-24-6-4-13(25)5-7-24/h1-3,10-11,13H,4-9H2,(H,23,26). The lowest BCUT2D eigenvalue weighted by molar-refractivity contribution is 0.101. The van der Waals surface area contributed by atoms with Crippen LogP contribution in [0, 0.1) is 11.6 Å². The number of aromatic nitrogens is 2. The molecule has 3 aliphatic heterocycles.